The summed E-state index contributed by atoms with van der Waals surface area (Å²) in [5.74, 6) is 0. The lowest BCUT2D eigenvalue weighted by molar-refractivity contribution is 0.0119. The second-order valence-electron chi connectivity index (χ2n) is 4.95. The van der Waals surface area contributed by atoms with Crippen molar-refractivity contribution in [3.05, 3.63) is 25.3 Å². The van der Waals surface area contributed by atoms with Gasteiger partial charge in [-0.25, -0.2) is 0 Å². The smallest absolute Gasteiger partial charge is 0.111 e. The SMILES string of the molecule is C=CC(OC(C=C)C1CO1)C1CO1.OCCOCCOCCO. The molecule has 2 aliphatic heterocycles. The number of aliphatic hydroxyl groups is 2. The molecular formula is C16H28O7. The van der Waals surface area contributed by atoms with Gasteiger partial charge in [0.25, 0.3) is 0 Å². The van der Waals surface area contributed by atoms with Crippen LogP contribution in [0.5, 0.6) is 0 Å². The molecule has 2 heterocycles. The zero-order valence-electron chi connectivity index (χ0n) is 13.5. The largest absolute Gasteiger partial charge is 0.394 e. The lowest BCUT2D eigenvalue weighted by Gasteiger charge is -2.16. The van der Waals surface area contributed by atoms with Crippen LogP contribution in [0.25, 0.3) is 0 Å². The third-order valence-electron chi connectivity index (χ3n) is 3.07. The lowest BCUT2D eigenvalue weighted by Crippen LogP contribution is -2.27. The van der Waals surface area contributed by atoms with E-state index >= 15 is 0 Å². The number of aliphatic hydroxyl groups excluding tert-OH is 2. The summed E-state index contributed by atoms with van der Waals surface area (Å²) < 4.78 is 25.7. The van der Waals surface area contributed by atoms with Crippen molar-refractivity contribution < 1.29 is 33.9 Å². The zero-order chi connectivity index (χ0) is 16.9. The molecule has 4 unspecified atom stereocenters. The normalized spacial score (nSPS) is 24.1. The van der Waals surface area contributed by atoms with Crippen molar-refractivity contribution in [1.82, 2.24) is 0 Å². The van der Waals surface area contributed by atoms with E-state index in [1.807, 2.05) is 0 Å². The molecule has 2 saturated heterocycles. The van der Waals surface area contributed by atoms with E-state index in [1.165, 1.54) is 0 Å². The molecule has 0 radical (unpaired) electrons. The predicted molar refractivity (Wildman–Crippen MR) is 84.3 cm³/mol. The van der Waals surface area contributed by atoms with Crippen LogP contribution in [0.15, 0.2) is 25.3 Å². The highest BCUT2D eigenvalue weighted by atomic mass is 16.6. The summed E-state index contributed by atoms with van der Waals surface area (Å²) in [5.41, 5.74) is 0. The van der Waals surface area contributed by atoms with Crippen LogP contribution in [0.1, 0.15) is 0 Å². The Labute approximate surface area is 137 Å². The van der Waals surface area contributed by atoms with Gasteiger partial charge in [0, 0.05) is 0 Å². The van der Waals surface area contributed by atoms with E-state index in [0.717, 1.165) is 13.2 Å². The van der Waals surface area contributed by atoms with E-state index in [0.29, 0.717) is 26.4 Å². The van der Waals surface area contributed by atoms with E-state index in [2.05, 4.69) is 13.2 Å². The molecule has 4 atom stereocenters. The van der Waals surface area contributed by atoms with Crippen molar-refractivity contribution in [1.29, 1.82) is 0 Å². The third-order valence-corrected chi connectivity index (χ3v) is 3.07. The highest BCUT2D eigenvalue weighted by Gasteiger charge is 2.38. The average Bonchev–Trinajstić information content (AvgIpc) is 3.45. The second kappa shape index (κ2) is 12.6. The number of ether oxygens (including phenoxy) is 5. The van der Waals surface area contributed by atoms with Crippen LogP contribution in [0.2, 0.25) is 0 Å². The molecule has 0 saturated carbocycles. The lowest BCUT2D eigenvalue weighted by atomic mass is 10.2. The summed E-state index contributed by atoms with van der Waals surface area (Å²) in [6.07, 6.45) is 3.89. The molecule has 2 aliphatic rings. The molecular weight excluding hydrogens is 304 g/mol. The second-order valence-corrected chi connectivity index (χ2v) is 4.95. The highest BCUT2D eigenvalue weighted by molar-refractivity contribution is 4.99. The van der Waals surface area contributed by atoms with Gasteiger partial charge in [-0.2, -0.15) is 0 Å². The van der Waals surface area contributed by atoms with Crippen molar-refractivity contribution in [3.8, 4) is 0 Å². The molecule has 0 amide bonds. The zero-order valence-corrected chi connectivity index (χ0v) is 13.5. The van der Waals surface area contributed by atoms with Crippen LogP contribution < -0.4 is 0 Å². The minimum absolute atomic E-state index is 0.0211. The van der Waals surface area contributed by atoms with Crippen LogP contribution in [-0.4, -0.2) is 87.5 Å². The molecule has 0 spiro atoms. The quantitative estimate of drug-likeness (QED) is 0.277. The molecule has 7 nitrogen and oxygen atoms in total. The number of hydrogen-bond acceptors (Lipinski definition) is 7. The van der Waals surface area contributed by atoms with Crippen molar-refractivity contribution >= 4 is 0 Å². The summed E-state index contributed by atoms with van der Waals surface area (Å²) in [6, 6.07) is 0. The van der Waals surface area contributed by atoms with E-state index in [9.17, 15) is 0 Å². The molecule has 0 aromatic carbocycles. The topological polar surface area (TPSA) is 93.2 Å². The van der Waals surface area contributed by atoms with Crippen LogP contribution in [-0.2, 0) is 23.7 Å². The first-order valence-electron chi connectivity index (χ1n) is 7.77. The summed E-state index contributed by atoms with van der Waals surface area (Å²) >= 11 is 0. The van der Waals surface area contributed by atoms with Gasteiger partial charge in [-0.3, -0.25) is 0 Å². The standard InChI is InChI=1S/C10H14O3.C6H14O4/c1-3-7(9-5-11-9)13-8(4-2)10-6-12-10;7-1-3-9-5-6-10-4-2-8/h3-4,7-10H,1-2,5-6H2;7-8H,1-6H2. The summed E-state index contributed by atoms with van der Waals surface area (Å²) in [4.78, 5) is 0. The molecule has 0 aromatic rings. The Balaban J connectivity index is 0.000000241. The monoisotopic (exact) mass is 332 g/mol. The molecule has 7 heteroatoms. The maximum absolute atomic E-state index is 8.26. The van der Waals surface area contributed by atoms with Gasteiger partial charge in [0.1, 0.15) is 24.4 Å². The van der Waals surface area contributed by atoms with Crippen molar-refractivity contribution in [2.75, 3.05) is 52.9 Å². The van der Waals surface area contributed by atoms with Gasteiger partial charge in [-0.05, 0) is 0 Å². The first-order valence-corrected chi connectivity index (χ1v) is 7.77. The minimum atomic E-state index is -0.0211. The van der Waals surface area contributed by atoms with Gasteiger partial charge in [0.05, 0.1) is 52.9 Å². The first-order chi connectivity index (χ1) is 11.3. The number of hydrogen-bond donors (Lipinski definition) is 2. The molecule has 2 rings (SSSR count). The van der Waals surface area contributed by atoms with Crippen molar-refractivity contribution in [2.24, 2.45) is 0 Å². The Kier molecular flexibility index (Phi) is 11.1. The summed E-state index contributed by atoms with van der Waals surface area (Å²) in [7, 11) is 0. The van der Waals surface area contributed by atoms with Crippen molar-refractivity contribution in [3.63, 3.8) is 0 Å². The van der Waals surface area contributed by atoms with E-state index in [1.54, 1.807) is 12.2 Å². The van der Waals surface area contributed by atoms with E-state index in [-0.39, 0.29) is 37.6 Å². The predicted octanol–water partition coefficient (Wildman–Crippen LogP) is -0.0860. The van der Waals surface area contributed by atoms with Gasteiger partial charge in [-0.1, -0.05) is 12.2 Å². The molecule has 23 heavy (non-hydrogen) atoms. The average molecular weight is 332 g/mol. The fraction of sp³-hybridized carbons (Fsp3) is 0.750. The minimum Gasteiger partial charge on any atom is -0.394 e. The number of epoxide rings is 2. The first kappa shape index (κ1) is 20.2. The fourth-order valence-electron chi connectivity index (χ4n) is 1.71. The molecule has 2 fully saturated rings. The molecule has 0 aliphatic carbocycles. The van der Waals surface area contributed by atoms with Crippen LogP contribution >= 0.6 is 0 Å². The Bertz CT molecular complexity index is 286. The molecule has 2 N–H and O–H groups in total. The van der Waals surface area contributed by atoms with Gasteiger partial charge in [0.2, 0.25) is 0 Å². The summed E-state index contributed by atoms with van der Waals surface area (Å²) in [6.45, 7) is 10.7. The Morgan fingerprint density at radius 3 is 1.52 bits per heavy atom. The van der Waals surface area contributed by atoms with E-state index < -0.39 is 0 Å². The maximum Gasteiger partial charge on any atom is 0.111 e. The van der Waals surface area contributed by atoms with Crippen molar-refractivity contribution in [2.45, 2.75) is 24.4 Å². The fourth-order valence-corrected chi connectivity index (χ4v) is 1.71. The molecule has 0 aromatic heterocycles. The van der Waals surface area contributed by atoms with Crippen LogP contribution in [0.4, 0.5) is 0 Å². The third kappa shape index (κ3) is 9.83. The van der Waals surface area contributed by atoms with Crippen LogP contribution in [0, 0.1) is 0 Å². The van der Waals surface area contributed by atoms with Gasteiger partial charge < -0.3 is 33.9 Å². The molecule has 134 valence electrons. The van der Waals surface area contributed by atoms with Gasteiger partial charge in [0.15, 0.2) is 0 Å². The van der Waals surface area contributed by atoms with Gasteiger partial charge in [-0.15, -0.1) is 13.2 Å². The maximum atomic E-state index is 8.26. The Morgan fingerprint density at radius 1 is 0.870 bits per heavy atom. The van der Waals surface area contributed by atoms with Gasteiger partial charge >= 0.3 is 0 Å². The summed E-state index contributed by atoms with van der Waals surface area (Å²) in [5, 5.41) is 16.5. The van der Waals surface area contributed by atoms with Crippen LogP contribution in [0.3, 0.4) is 0 Å². The van der Waals surface area contributed by atoms with E-state index in [4.69, 9.17) is 33.9 Å². The Hall–Kier alpha value is -0.800. The number of rotatable bonds is 13. The molecule has 0 bridgehead atoms. The Morgan fingerprint density at radius 2 is 1.26 bits per heavy atom. The highest BCUT2D eigenvalue weighted by Crippen LogP contribution is 2.24.